The van der Waals surface area contributed by atoms with Crippen LogP contribution in [0.25, 0.3) is 11.2 Å². The van der Waals surface area contributed by atoms with Crippen LogP contribution in [0.3, 0.4) is 0 Å². The van der Waals surface area contributed by atoms with Gasteiger partial charge in [-0.3, -0.25) is 14.3 Å². The quantitative estimate of drug-likeness (QED) is 0.337. The molecule has 0 bridgehead atoms. The number of phosphoric ester groups is 1. The Morgan fingerprint density at radius 1 is 1.58 bits per heavy atom. The molecule has 26 heavy (non-hydrogen) atoms. The van der Waals surface area contributed by atoms with Crippen LogP contribution in [0.2, 0.25) is 0 Å². The lowest BCUT2D eigenvalue weighted by molar-refractivity contribution is -0.745. The summed E-state index contributed by atoms with van der Waals surface area (Å²) in [5.41, 5.74) is 5.42. The zero-order chi connectivity index (χ0) is 19.2. The Balaban J connectivity index is 1.98. The van der Waals surface area contributed by atoms with Gasteiger partial charge in [-0.15, -0.1) is 0 Å². The van der Waals surface area contributed by atoms with Gasteiger partial charge in [-0.1, -0.05) is 4.98 Å². The van der Waals surface area contributed by atoms with E-state index in [2.05, 4.69) is 14.5 Å². The molecule has 14 heteroatoms. The van der Waals surface area contributed by atoms with Gasteiger partial charge >= 0.3 is 5.65 Å². The first-order valence-corrected chi connectivity index (χ1v) is 8.87. The van der Waals surface area contributed by atoms with Crippen molar-refractivity contribution in [2.75, 3.05) is 19.5 Å². The molecule has 1 fully saturated rings. The van der Waals surface area contributed by atoms with Gasteiger partial charge in [0.05, 0.1) is 21.5 Å². The molecule has 2 aromatic heterocycles. The zero-order valence-corrected chi connectivity index (χ0v) is 14.7. The third kappa shape index (κ3) is 3.38. The average Bonchev–Trinajstić information content (AvgIpc) is 3.01. The Morgan fingerprint density at radius 3 is 2.88 bits per heavy atom. The maximum Gasteiger partial charge on any atom is 0.313 e. The third-order valence-electron chi connectivity index (χ3n) is 4.04. The lowest BCUT2D eigenvalue weighted by Crippen LogP contribution is -2.46. The van der Waals surface area contributed by atoms with Gasteiger partial charge in [0.1, 0.15) is 18.3 Å². The minimum atomic E-state index is -5.22. The SMILES string of the molecule is CO[C@H]1C(O)[C@@H]([n+]2cn(C)c3c(=O)[nH]c(N)nc32)O[C@H]1COP(=O)([O-])[O-]. The first-order valence-electron chi connectivity index (χ1n) is 7.41. The summed E-state index contributed by atoms with van der Waals surface area (Å²) in [6.07, 6.45) is -2.90. The number of nitrogens with two attached hydrogens (primary N) is 1. The van der Waals surface area contributed by atoms with Gasteiger partial charge < -0.3 is 39.2 Å². The lowest BCUT2D eigenvalue weighted by atomic mass is 10.1. The molecule has 2 aromatic rings. The maximum absolute atomic E-state index is 12.1. The highest BCUT2D eigenvalue weighted by molar-refractivity contribution is 7.43. The topological polar surface area (TPSA) is 192 Å². The second kappa shape index (κ2) is 6.70. The van der Waals surface area contributed by atoms with Crippen LogP contribution in [0.5, 0.6) is 0 Å². The largest absolute Gasteiger partial charge is 0.790 e. The highest BCUT2D eigenvalue weighted by Crippen LogP contribution is 2.32. The van der Waals surface area contributed by atoms with Gasteiger partial charge in [0.2, 0.25) is 11.7 Å². The monoisotopic (exact) mass is 390 g/mol. The number of nitrogens with zero attached hydrogens (tertiary/aromatic N) is 3. The molecule has 1 aliphatic rings. The Hall–Kier alpha value is -1.86. The van der Waals surface area contributed by atoms with Crippen molar-refractivity contribution in [2.45, 2.75) is 24.5 Å². The van der Waals surface area contributed by atoms with Crippen LogP contribution in [0.4, 0.5) is 5.95 Å². The number of hydrogen-bond donors (Lipinski definition) is 3. The summed E-state index contributed by atoms with van der Waals surface area (Å²) in [4.78, 5) is 39.9. The van der Waals surface area contributed by atoms with Crippen molar-refractivity contribution >= 4 is 24.9 Å². The van der Waals surface area contributed by atoms with Crippen LogP contribution in [-0.2, 0) is 25.6 Å². The molecule has 3 heterocycles. The molecule has 4 atom stereocenters. The Kier molecular flexibility index (Phi) is 4.88. The van der Waals surface area contributed by atoms with Crippen molar-refractivity contribution < 1.29 is 38.0 Å². The second-order valence-electron chi connectivity index (χ2n) is 5.76. The van der Waals surface area contributed by atoms with Crippen molar-refractivity contribution in [3.05, 3.63) is 16.7 Å². The number of aliphatic hydroxyl groups excluding tert-OH is 1. The number of phosphoric acid groups is 1. The molecular weight excluding hydrogens is 373 g/mol. The predicted molar refractivity (Wildman–Crippen MR) is 80.2 cm³/mol. The Morgan fingerprint density at radius 2 is 2.27 bits per heavy atom. The minimum Gasteiger partial charge on any atom is -0.790 e. The average molecular weight is 390 g/mol. The van der Waals surface area contributed by atoms with Crippen LogP contribution in [-0.4, -0.2) is 51.7 Å². The normalized spacial score (nSPS) is 26.7. The molecule has 0 radical (unpaired) electrons. The van der Waals surface area contributed by atoms with E-state index in [1.165, 1.54) is 22.6 Å². The van der Waals surface area contributed by atoms with Crippen molar-refractivity contribution in [2.24, 2.45) is 7.05 Å². The van der Waals surface area contributed by atoms with Gasteiger partial charge in [0, 0.05) is 7.11 Å². The van der Waals surface area contributed by atoms with E-state index in [-0.39, 0.29) is 17.1 Å². The molecular formula is C12H17N5O8P-. The Labute approximate surface area is 146 Å². The summed E-state index contributed by atoms with van der Waals surface area (Å²) in [5.74, 6) is -0.128. The summed E-state index contributed by atoms with van der Waals surface area (Å²) in [6.45, 7) is -0.627. The summed E-state index contributed by atoms with van der Waals surface area (Å²) in [7, 11) is -2.34. The number of ether oxygens (including phenoxy) is 2. The molecule has 0 amide bonds. The number of aromatic amines is 1. The number of hydrogen-bond acceptors (Lipinski definition) is 10. The number of nitrogens with one attached hydrogen (secondary N) is 1. The molecule has 1 aliphatic heterocycles. The fraction of sp³-hybridized carbons (Fsp3) is 0.583. The standard InChI is InChI=1S/C12H18N5O8P/c1-16-4-17(9-6(16)10(19)15-12(13)14-9)11-7(18)8(23-2)5(25-11)3-24-26(20,21)22/h4-5,7-8,11,18H,3H2,1-2H3,(H4-,13,14,15,19,20,21,22)/p-1/t5-,7?,8+,11-/m0/s1. The molecule has 1 saturated heterocycles. The molecule has 144 valence electrons. The number of fused-ring (bicyclic) bond motifs is 1. The van der Waals surface area contributed by atoms with E-state index in [0.29, 0.717) is 0 Å². The molecule has 3 rings (SSSR count). The van der Waals surface area contributed by atoms with Gasteiger partial charge in [0.15, 0.2) is 6.33 Å². The van der Waals surface area contributed by atoms with Gasteiger partial charge in [-0.25, -0.2) is 4.57 Å². The number of imidazole rings is 1. The van der Waals surface area contributed by atoms with Crippen molar-refractivity contribution in [3.63, 3.8) is 0 Å². The first-order chi connectivity index (χ1) is 12.1. The van der Waals surface area contributed by atoms with E-state index >= 15 is 0 Å². The maximum atomic E-state index is 12.1. The number of anilines is 1. The number of nitrogen functional groups attached to an aromatic ring is 1. The number of aromatic nitrogens is 4. The number of rotatable bonds is 5. The first kappa shape index (κ1) is 18.9. The minimum absolute atomic E-state index is 0.128. The van der Waals surface area contributed by atoms with Crippen LogP contribution < -0.4 is 25.6 Å². The van der Waals surface area contributed by atoms with E-state index < -0.39 is 44.5 Å². The predicted octanol–water partition coefficient (Wildman–Crippen LogP) is -3.75. The molecule has 4 N–H and O–H groups in total. The van der Waals surface area contributed by atoms with E-state index in [4.69, 9.17) is 15.2 Å². The van der Waals surface area contributed by atoms with Gasteiger partial charge in [0.25, 0.3) is 11.5 Å². The van der Waals surface area contributed by atoms with Crippen LogP contribution in [0, 0.1) is 0 Å². The second-order valence-corrected chi connectivity index (χ2v) is 6.91. The smallest absolute Gasteiger partial charge is 0.313 e. The zero-order valence-electron chi connectivity index (χ0n) is 13.8. The molecule has 0 spiro atoms. The number of aliphatic hydroxyl groups is 1. The van der Waals surface area contributed by atoms with Crippen molar-refractivity contribution in [3.8, 4) is 0 Å². The fourth-order valence-electron chi connectivity index (χ4n) is 2.99. The molecule has 13 nitrogen and oxygen atoms in total. The third-order valence-corrected chi connectivity index (χ3v) is 4.51. The molecule has 0 aliphatic carbocycles. The van der Waals surface area contributed by atoms with E-state index in [1.54, 1.807) is 7.05 Å². The molecule has 0 aromatic carbocycles. The molecule has 0 saturated carbocycles. The van der Waals surface area contributed by atoms with E-state index in [1.807, 2.05) is 0 Å². The van der Waals surface area contributed by atoms with Crippen LogP contribution in [0.15, 0.2) is 11.1 Å². The van der Waals surface area contributed by atoms with Crippen molar-refractivity contribution in [1.82, 2.24) is 14.5 Å². The summed E-state index contributed by atoms with van der Waals surface area (Å²) >= 11 is 0. The number of methoxy groups -OCH3 is 1. The Bertz CT molecular complexity index is 922. The van der Waals surface area contributed by atoms with E-state index in [0.717, 1.165) is 0 Å². The van der Waals surface area contributed by atoms with Crippen LogP contribution >= 0.6 is 7.82 Å². The van der Waals surface area contributed by atoms with Crippen molar-refractivity contribution in [1.29, 1.82) is 0 Å². The van der Waals surface area contributed by atoms with E-state index in [9.17, 15) is 24.3 Å². The van der Waals surface area contributed by atoms with Crippen LogP contribution in [0.1, 0.15) is 6.23 Å². The fourth-order valence-corrected chi connectivity index (χ4v) is 3.32. The summed E-state index contributed by atoms with van der Waals surface area (Å²) < 4.78 is 28.5. The number of aryl methyl sites for hydroxylation is 1. The summed E-state index contributed by atoms with van der Waals surface area (Å²) in [6, 6.07) is 0. The van der Waals surface area contributed by atoms with Gasteiger partial charge in [-0.05, 0) is 0 Å². The molecule has 1 unspecified atom stereocenters. The lowest BCUT2D eigenvalue weighted by Gasteiger charge is -2.30. The number of H-pyrrole nitrogens is 1. The summed E-state index contributed by atoms with van der Waals surface area (Å²) in [5, 5.41) is 10.5. The highest BCUT2D eigenvalue weighted by Gasteiger charge is 2.48. The highest BCUT2D eigenvalue weighted by atomic mass is 31.2. The van der Waals surface area contributed by atoms with Gasteiger partial charge in [-0.2, -0.15) is 0 Å².